The smallest absolute Gasteiger partial charge is 0.324 e. The van der Waals surface area contributed by atoms with Gasteiger partial charge >= 0.3 is 5.97 Å². The Labute approximate surface area is 166 Å². The van der Waals surface area contributed by atoms with Gasteiger partial charge in [0.1, 0.15) is 22.0 Å². The highest BCUT2D eigenvalue weighted by molar-refractivity contribution is 7.89. The topological polar surface area (TPSA) is 102 Å². The number of benzene rings is 1. The van der Waals surface area contributed by atoms with E-state index in [0.29, 0.717) is 30.3 Å². The first-order valence-electron chi connectivity index (χ1n) is 8.87. The summed E-state index contributed by atoms with van der Waals surface area (Å²) in [5.74, 6) is -0.527. The molecule has 4 rings (SSSR count). The summed E-state index contributed by atoms with van der Waals surface area (Å²) in [6.07, 6.45) is 3.20. The normalized spacial score (nSPS) is 17.8. The predicted molar refractivity (Wildman–Crippen MR) is 103 cm³/mol. The van der Waals surface area contributed by atoms with Crippen molar-refractivity contribution >= 4 is 38.8 Å². The van der Waals surface area contributed by atoms with Gasteiger partial charge in [-0.2, -0.15) is 13.1 Å². The second-order valence-electron chi connectivity index (χ2n) is 6.40. The van der Waals surface area contributed by atoms with E-state index in [4.69, 9.17) is 4.74 Å². The summed E-state index contributed by atoms with van der Waals surface area (Å²) in [5, 5.41) is 0. The molecule has 1 aliphatic rings. The fraction of sp³-hybridized carbons (Fsp3) is 0.333. The van der Waals surface area contributed by atoms with E-state index < -0.39 is 22.0 Å². The van der Waals surface area contributed by atoms with E-state index in [2.05, 4.69) is 13.7 Å². The third kappa shape index (κ3) is 3.62. The number of pyridine rings is 1. The SMILES string of the molecule is O=C(OCCc1ccccn1)C1CCCN1S(=O)(=O)c1cccc2nsnc12. The number of aromatic nitrogens is 3. The van der Waals surface area contributed by atoms with Crippen LogP contribution in [0, 0.1) is 0 Å². The monoisotopic (exact) mass is 418 g/mol. The molecule has 2 aromatic heterocycles. The molecule has 3 heterocycles. The standard InChI is InChI=1S/C18H18N4O4S2/c23-18(26-12-9-13-5-1-2-10-19-13)15-7-4-11-22(15)28(24,25)16-8-3-6-14-17(16)21-27-20-14/h1-3,5-6,8,10,15H,4,7,9,11-12H2. The molecule has 28 heavy (non-hydrogen) atoms. The summed E-state index contributed by atoms with van der Waals surface area (Å²) in [4.78, 5) is 16.8. The molecule has 0 aliphatic carbocycles. The van der Waals surface area contributed by atoms with Gasteiger partial charge in [-0.15, -0.1) is 0 Å². The van der Waals surface area contributed by atoms with Crippen LogP contribution in [0.3, 0.4) is 0 Å². The first kappa shape index (κ1) is 18.9. The summed E-state index contributed by atoms with van der Waals surface area (Å²) in [6, 6.07) is 9.55. The number of hydrogen-bond donors (Lipinski definition) is 0. The Bertz CT molecular complexity index is 1090. The lowest BCUT2D eigenvalue weighted by Gasteiger charge is -2.22. The highest BCUT2D eigenvalue weighted by Gasteiger charge is 2.41. The van der Waals surface area contributed by atoms with E-state index in [0.717, 1.165) is 17.4 Å². The van der Waals surface area contributed by atoms with Crippen LogP contribution in [0.25, 0.3) is 11.0 Å². The van der Waals surface area contributed by atoms with Crippen molar-refractivity contribution in [3.8, 4) is 0 Å². The fourth-order valence-corrected chi connectivity index (χ4v) is 5.68. The van der Waals surface area contributed by atoms with Crippen LogP contribution in [0.2, 0.25) is 0 Å². The first-order chi connectivity index (χ1) is 13.6. The number of ether oxygens (including phenoxy) is 1. The van der Waals surface area contributed by atoms with Gasteiger partial charge in [0, 0.05) is 24.9 Å². The van der Waals surface area contributed by atoms with Gasteiger partial charge < -0.3 is 4.74 Å². The maximum absolute atomic E-state index is 13.2. The minimum Gasteiger partial charge on any atom is -0.464 e. The molecular weight excluding hydrogens is 400 g/mol. The van der Waals surface area contributed by atoms with Crippen molar-refractivity contribution in [3.63, 3.8) is 0 Å². The molecule has 0 bridgehead atoms. The average molecular weight is 419 g/mol. The maximum Gasteiger partial charge on any atom is 0.324 e. The number of carbonyl (C=O) groups excluding carboxylic acids is 1. The van der Waals surface area contributed by atoms with Crippen LogP contribution >= 0.6 is 11.7 Å². The van der Waals surface area contributed by atoms with Gasteiger partial charge in [-0.1, -0.05) is 12.1 Å². The van der Waals surface area contributed by atoms with Crippen LogP contribution in [0.5, 0.6) is 0 Å². The van der Waals surface area contributed by atoms with Gasteiger partial charge in [0.2, 0.25) is 10.0 Å². The van der Waals surface area contributed by atoms with Crippen molar-refractivity contribution in [1.82, 2.24) is 18.0 Å². The molecule has 1 aliphatic heterocycles. The molecular formula is C18H18N4O4S2. The van der Waals surface area contributed by atoms with Crippen molar-refractivity contribution in [1.29, 1.82) is 0 Å². The summed E-state index contributed by atoms with van der Waals surface area (Å²) >= 11 is 0.961. The van der Waals surface area contributed by atoms with E-state index in [1.54, 1.807) is 18.3 Å². The Kier molecular flexibility index (Phi) is 5.33. The Balaban J connectivity index is 1.49. The molecule has 3 aromatic rings. The summed E-state index contributed by atoms with van der Waals surface area (Å²) in [5.41, 5.74) is 1.68. The van der Waals surface area contributed by atoms with E-state index in [-0.39, 0.29) is 18.0 Å². The average Bonchev–Trinajstić information content (AvgIpc) is 3.38. The van der Waals surface area contributed by atoms with E-state index in [9.17, 15) is 13.2 Å². The van der Waals surface area contributed by atoms with E-state index in [1.165, 1.54) is 10.4 Å². The number of esters is 1. The van der Waals surface area contributed by atoms with Crippen LogP contribution in [0.15, 0.2) is 47.5 Å². The molecule has 0 spiro atoms. The number of nitrogens with zero attached hydrogens (tertiary/aromatic N) is 4. The highest BCUT2D eigenvalue weighted by Crippen LogP contribution is 2.30. The molecule has 0 radical (unpaired) electrons. The van der Waals surface area contributed by atoms with Crippen molar-refractivity contribution in [3.05, 3.63) is 48.3 Å². The number of hydrogen-bond acceptors (Lipinski definition) is 8. The van der Waals surface area contributed by atoms with Crippen molar-refractivity contribution in [2.24, 2.45) is 0 Å². The lowest BCUT2D eigenvalue weighted by Crippen LogP contribution is -2.41. The molecule has 1 saturated heterocycles. The van der Waals surface area contributed by atoms with Gasteiger partial charge in [0.25, 0.3) is 0 Å². The number of rotatable bonds is 6. The van der Waals surface area contributed by atoms with Crippen LogP contribution < -0.4 is 0 Å². The highest BCUT2D eigenvalue weighted by atomic mass is 32.2. The van der Waals surface area contributed by atoms with Crippen LogP contribution in [-0.2, 0) is 26.0 Å². The lowest BCUT2D eigenvalue weighted by molar-refractivity contribution is -0.147. The van der Waals surface area contributed by atoms with Gasteiger partial charge in [-0.3, -0.25) is 9.78 Å². The zero-order valence-electron chi connectivity index (χ0n) is 14.9. The first-order valence-corrected chi connectivity index (χ1v) is 11.0. The number of sulfonamides is 1. The minimum absolute atomic E-state index is 0.0759. The van der Waals surface area contributed by atoms with Gasteiger partial charge in [-0.25, -0.2) is 8.42 Å². The molecule has 1 atom stereocenters. The summed E-state index contributed by atoms with van der Waals surface area (Å²) in [7, 11) is -3.88. The van der Waals surface area contributed by atoms with E-state index >= 15 is 0 Å². The second kappa shape index (κ2) is 7.90. The molecule has 0 amide bonds. The second-order valence-corrected chi connectivity index (χ2v) is 8.79. The molecule has 0 N–H and O–H groups in total. The Morgan fingerprint density at radius 1 is 1.21 bits per heavy atom. The zero-order valence-corrected chi connectivity index (χ0v) is 16.5. The number of fused-ring (bicyclic) bond motifs is 1. The molecule has 1 unspecified atom stereocenters. The minimum atomic E-state index is -3.88. The Hall–Kier alpha value is -2.43. The molecule has 1 aromatic carbocycles. The maximum atomic E-state index is 13.2. The van der Waals surface area contributed by atoms with Crippen LogP contribution in [0.1, 0.15) is 18.5 Å². The largest absolute Gasteiger partial charge is 0.464 e. The molecule has 146 valence electrons. The van der Waals surface area contributed by atoms with Crippen molar-refractivity contribution in [2.75, 3.05) is 13.2 Å². The predicted octanol–water partition coefficient (Wildman–Crippen LogP) is 2.03. The molecule has 10 heteroatoms. The van der Waals surface area contributed by atoms with Crippen molar-refractivity contribution < 1.29 is 17.9 Å². The molecule has 0 saturated carbocycles. The molecule has 1 fully saturated rings. The Morgan fingerprint density at radius 3 is 2.93 bits per heavy atom. The number of carbonyl (C=O) groups is 1. The summed E-state index contributed by atoms with van der Waals surface area (Å²) in [6.45, 7) is 0.433. The van der Waals surface area contributed by atoms with Crippen molar-refractivity contribution in [2.45, 2.75) is 30.2 Å². The van der Waals surface area contributed by atoms with Gasteiger partial charge in [-0.05, 0) is 37.1 Å². The van der Waals surface area contributed by atoms with Crippen LogP contribution in [-0.4, -0.2) is 51.6 Å². The third-order valence-electron chi connectivity index (χ3n) is 4.64. The van der Waals surface area contributed by atoms with E-state index in [1.807, 2.05) is 18.2 Å². The van der Waals surface area contributed by atoms with Gasteiger partial charge in [0.15, 0.2) is 0 Å². The summed E-state index contributed by atoms with van der Waals surface area (Å²) < 4.78 is 41.2. The molecule has 8 nitrogen and oxygen atoms in total. The Morgan fingerprint density at radius 2 is 2.11 bits per heavy atom. The van der Waals surface area contributed by atoms with Gasteiger partial charge in [0.05, 0.1) is 18.3 Å². The fourth-order valence-electron chi connectivity index (χ4n) is 3.28. The lowest BCUT2D eigenvalue weighted by atomic mass is 10.2. The quantitative estimate of drug-likeness (QED) is 0.564. The van der Waals surface area contributed by atoms with Crippen LogP contribution in [0.4, 0.5) is 0 Å². The zero-order chi connectivity index (χ0) is 19.6. The third-order valence-corrected chi connectivity index (χ3v) is 7.12.